The van der Waals surface area contributed by atoms with E-state index in [-0.39, 0.29) is 0 Å². The maximum atomic E-state index is 12.5. The Kier molecular flexibility index (Phi) is 3.80. The molecule has 90 valence electrons. The summed E-state index contributed by atoms with van der Waals surface area (Å²) in [6.45, 7) is 3.75. The van der Waals surface area contributed by atoms with E-state index in [0.29, 0.717) is 22.5 Å². The summed E-state index contributed by atoms with van der Waals surface area (Å²) in [4.78, 5) is 0. The molecule has 0 spiro atoms. The van der Waals surface area contributed by atoms with Crippen LogP contribution in [0.3, 0.4) is 0 Å². The van der Waals surface area contributed by atoms with Crippen LogP contribution in [0.5, 0.6) is 0 Å². The molecule has 0 saturated carbocycles. The normalized spacial score (nSPS) is 13.1. The van der Waals surface area contributed by atoms with Crippen molar-refractivity contribution in [2.24, 2.45) is 0 Å². The van der Waals surface area contributed by atoms with Crippen molar-refractivity contribution in [3.63, 3.8) is 0 Å². The van der Waals surface area contributed by atoms with Gasteiger partial charge in [-0.2, -0.15) is 13.2 Å². The Morgan fingerprint density at radius 2 is 1.88 bits per heavy atom. The summed E-state index contributed by atoms with van der Waals surface area (Å²) in [6.07, 6.45) is -3.79. The summed E-state index contributed by atoms with van der Waals surface area (Å²) in [7, 11) is 0.575. The zero-order valence-electron chi connectivity index (χ0n) is 9.56. The monoisotopic (exact) mass is 248 g/mol. The van der Waals surface area contributed by atoms with Gasteiger partial charge in [0.15, 0.2) is 0 Å². The molecule has 0 aliphatic heterocycles. The van der Waals surface area contributed by atoms with Crippen LogP contribution in [0.4, 0.5) is 13.2 Å². The van der Waals surface area contributed by atoms with Gasteiger partial charge in [-0.05, 0) is 31.9 Å². The van der Waals surface area contributed by atoms with Crippen molar-refractivity contribution in [1.29, 1.82) is 0 Å². The Bertz CT molecular complexity index is 360. The minimum Gasteiger partial charge on any atom is -0.423 e. The van der Waals surface area contributed by atoms with Crippen molar-refractivity contribution >= 4 is 10.5 Å². The van der Waals surface area contributed by atoms with Crippen LogP contribution in [0.15, 0.2) is 24.3 Å². The van der Waals surface area contributed by atoms with Crippen LogP contribution in [0.1, 0.15) is 25.0 Å². The van der Waals surface area contributed by atoms with Crippen LogP contribution in [0.25, 0.3) is 0 Å². The zero-order chi connectivity index (χ0) is 12.4. The quantitative estimate of drug-likeness (QED) is 0.746. The van der Waals surface area contributed by atoms with Gasteiger partial charge in [0.25, 0.3) is 0 Å². The highest BCUT2D eigenvalue weighted by molar-refractivity contribution is 5.98. The van der Waals surface area contributed by atoms with Crippen molar-refractivity contribution < 1.29 is 17.6 Å². The number of benzene rings is 1. The largest absolute Gasteiger partial charge is 0.423 e. The van der Waals surface area contributed by atoms with Crippen LogP contribution in [-0.2, 0) is 17.0 Å². The number of alkyl halides is 3. The van der Waals surface area contributed by atoms with Gasteiger partial charge in [0.05, 0.1) is 11.2 Å². The molecule has 0 bridgehead atoms. The fourth-order valence-electron chi connectivity index (χ4n) is 1.42. The third-order valence-electron chi connectivity index (χ3n) is 2.44. The molecule has 5 heteroatoms. The smallest absolute Gasteiger partial charge is 0.416 e. The average molecular weight is 248 g/mol. The molecule has 0 heterocycles. The van der Waals surface area contributed by atoms with Crippen molar-refractivity contribution in [2.75, 3.05) is 0 Å². The van der Waals surface area contributed by atoms with Crippen molar-refractivity contribution in [3.05, 3.63) is 35.4 Å². The first-order chi connectivity index (χ1) is 7.24. The van der Waals surface area contributed by atoms with E-state index >= 15 is 0 Å². The Morgan fingerprint density at radius 3 is 2.38 bits per heavy atom. The lowest BCUT2D eigenvalue weighted by molar-refractivity contribution is -0.137. The maximum Gasteiger partial charge on any atom is 0.416 e. The molecule has 1 aromatic carbocycles. The fraction of sp³-hybridized carbons (Fsp3) is 0.455. The van der Waals surface area contributed by atoms with Gasteiger partial charge in [-0.1, -0.05) is 18.2 Å². The SMILES string of the molecule is CC(C)(Cc1cccc(C(F)(F)F)c1)O[SiH3]. The van der Waals surface area contributed by atoms with Crippen molar-refractivity contribution in [2.45, 2.75) is 32.0 Å². The first kappa shape index (κ1) is 13.3. The summed E-state index contributed by atoms with van der Waals surface area (Å²) in [5, 5.41) is 0. The predicted molar refractivity (Wildman–Crippen MR) is 60.3 cm³/mol. The number of halogens is 3. The topological polar surface area (TPSA) is 9.23 Å². The van der Waals surface area contributed by atoms with Gasteiger partial charge in [-0.15, -0.1) is 0 Å². The highest BCUT2D eigenvalue weighted by atomic mass is 28.2. The van der Waals surface area contributed by atoms with Crippen LogP contribution < -0.4 is 0 Å². The first-order valence-electron chi connectivity index (χ1n) is 4.96. The lowest BCUT2D eigenvalue weighted by Crippen LogP contribution is -2.26. The van der Waals surface area contributed by atoms with E-state index in [4.69, 9.17) is 4.43 Å². The lowest BCUT2D eigenvalue weighted by Gasteiger charge is -2.24. The van der Waals surface area contributed by atoms with Crippen molar-refractivity contribution in [3.8, 4) is 0 Å². The van der Waals surface area contributed by atoms with E-state index in [9.17, 15) is 13.2 Å². The molecule has 1 nitrogen and oxygen atoms in total. The average Bonchev–Trinajstić information content (AvgIpc) is 2.16. The Hall–Kier alpha value is -0.813. The molecule has 0 atom stereocenters. The second kappa shape index (κ2) is 4.59. The van der Waals surface area contributed by atoms with E-state index in [0.717, 1.165) is 6.07 Å². The highest BCUT2D eigenvalue weighted by Crippen LogP contribution is 2.30. The Balaban J connectivity index is 2.92. The summed E-state index contributed by atoms with van der Waals surface area (Å²) in [6, 6.07) is 5.39. The maximum absolute atomic E-state index is 12.5. The van der Waals surface area contributed by atoms with Gasteiger partial charge in [-0.3, -0.25) is 0 Å². The molecular weight excluding hydrogens is 233 g/mol. The minimum atomic E-state index is -4.28. The van der Waals surface area contributed by atoms with E-state index in [1.807, 2.05) is 13.8 Å². The number of hydrogen-bond acceptors (Lipinski definition) is 1. The molecule has 16 heavy (non-hydrogen) atoms. The molecule has 1 rings (SSSR count). The molecular formula is C11H15F3OSi. The second-order valence-corrected chi connectivity index (χ2v) is 4.75. The minimum absolute atomic E-state index is 0.392. The molecule has 0 saturated heterocycles. The van der Waals surface area contributed by atoms with E-state index in [1.165, 1.54) is 12.1 Å². The predicted octanol–water partition coefficient (Wildman–Crippen LogP) is 2.32. The second-order valence-electron chi connectivity index (χ2n) is 4.34. The van der Waals surface area contributed by atoms with Gasteiger partial charge in [0.2, 0.25) is 0 Å². The standard InChI is InChI=1S/C11H15F3OSi/c1-10(2,15-16)7-8-4-3-5-9(6-8)11(12,13)14/h3-6H,7H2,1-2,16H3. The summed E-state index contributed by atoms with van der Waals surface area (Å²) >= 11 is 0. The van der Waals surface area contributed by atoms with Crippen LogP contribution in [-0.4, -0.2) is 16.1 Å². The van der Waals surface area contributed by atoms with Gasteiger partial charge >= 0.3 is 6.18 Å². The molecule has 0 radical (unpaired) electrons. The van der Waals surface area contributed by atoms with Gasteiger partial charge in [0, 0.05) is 0 Å². The molecule has 0 unspecified atom stereocenters. The summed E-state index contributed by atoms with van der Waals surface area (Å²) in [5.74, 6) is 0. The third-order valence-corrected chi connectivity index (χ3v) is 3.54. The molecule has 1 aromatic rings. The van der Waals surface area contributed by atoms with Gasteiger partial charge < -0.3 is 4.43 Å². The van der Waals surface area contributed by atoms with Gasteiger partial charge in [-0.25, -0.2) is 0 Å². The third kappa shape index (κ3) is 3.64. The molecule has 0 fully saturated rings. The fourth-order valence-corrected chi connectivity index (χ4v) is 1.57. The zero-order valence-corrected chi connectivity index (χ0v) is 11.6. The van der Waals surface area contributed by atoms with E-state index in [1.54, 1.807) is 6.07 Å². The highest BCUT2D eigenvalue weighted by Gasteiger charge is 2.30. The van der Waals surface area contributed by atoms with Crippen LogP contribution in [0.2, 0.25) is 0 Å². The number of hydrogen-bond donors (Lipinski definition) is 0. The van der Waals surface area contributed by atoms with Crippen LogP contribution >= 0.6 is 0 Å². The lowest BCUT2D eigenvalue weighted by atomic mass is 9.97. The number of rotatable bonds is 3. The van der Waals surface area contributed by atoms with Crippen molar-refractivity contribution in [1.82, 2.24) is 0 Å². The summed E-state index contributed by atoms with van der Waals surface area (Å²) < 4.78 is 42.7. The molecule has 0 aliphatic carbocycles. The van der Waals surface area contributed by atoms with Gasteiger partial charge in [0.1, 0.15) is 10.5 Å². The Labute approximate surface area is 96.2 Å². The summed E-state index contributed by atoms with van der Waals surface area (Å²) in [5.41, 5.74) is -0.346. The first-order valence-corrected chi connectivity index (χ1v) is 5.77. The molecule has 0 aromatic heterocycles. The van der Waals surface area contributed by atoms with Crippen LogP contribution in [0, 0.1) is 0 Å². The molecule has 0 N–H and O–H groups in total. The van der Waals surface area contributed by atoms with E-state index in [2.05, 4.69) is 0 Å². The van der Waals surface area contributed by atoms with E-state index < -0.39 is 17.3 Å². The molecule has 0 aliphatic rings. The molecule has 0 amide bonds. The Morgan fingerprint density at radius 1 is 1.25 bits per heavy atom.